The van der Waals surface area contributed by atoms with Crippen LogP contribution in [-0.4, -0.2) is 36.6 Å². The van der Waals surface area contributed by atoms with Gasteiger partial charge < -0.3 is 15.5 Å². The largest absolute Gasteiger partial charge is 0.416 e. The van der Waals surface area contributed by atoms with Gasteiger partial charge in [-0.25, -0.2) is 4.79 Å². The molecule has 110 valence electrons. The first-order valence-corrected chi connectivity index (χ1v) is 6.33. The van der Waals surface area contributed by atoms with Crippen LogP contribution in [0.15, 0.2) is 24.3 Å². The van der Waals surface area contributed by atoms with E-state index < -0.39 is 11.7 Å². The Balaban J connectivity index is 2.01. The molecule has 7 heteroatoms. The van der Waals surface area contributed by atoms with Gasteiger partial charge in [-0.2, -0.15) is 13.2 Å². The van der Waals surface area contributed by atoms with Crippen molar-refractivity contribution in [3.05, 3.63) is 29.8 Å². The van der Waals surface area contributed by atoms with Gasteiger partial charge in [0.15, 0.2) is 0 Å². The predicted octanol–water partition coefficient (Wildman–Crippen LogP) is 2.53. The van der Waals surface area contributed by atoms with Crippen molar-refractivity contribution in [2.45, 2.75) is 19.1 Å². The Kier molecular flexibility index (Phi) is 4.17. The van der Waals surface area contributed by atoms with E-state index in [0.717, 1.165) is 12.1 Å². The van der Waals surface area contributed by atoms with Crippen molar-refractivity contribution in [1.29, 1.82) is 0 Å². The van der Waals surface area contributed by atoms with Gasteiger partial charge in [-0.05, 0) is 31.2 Å². The molecule has 1 saturated heterocycles. The minimum absolute atomic E-state index is 0.0539. The van der Waals surface area contributed by atoms with Crippen molar-refractivity contribution in [3.63, 3.8) is 0 Å². The number of halogens is 3. The fourth-order valence-electron chi connectivity index (χ4n) is 2.08. The second-order valence-corrected chi connectivity index (χ2v) is 4.75. The zero-order valence-corrected chi connectivity index (χ0v) is 11.0. The molecule has 1 heterocycles. The van der Waals surface area contributed by atoms with Crippen LogP contribution >= 0.6 is 0 Å². The second kappa shape index (κ2) is 5.70. The summed E-state index contributed by atoms with van der Waals surface area (Å²) >= 11 is 0. The van der Waals surface area contributed by atoms with Gasteiger partial charge in [-0.3, -0.25) is 0 Å². The lowest BCUT2D eigenvalue weighted by Crippen LogP contribution is -2.53. The van der Waals surface area contributed by atoms with Gasteiger partial charge >= 0.3 is 12.2 Å². The van der Waals surface area contributed by atoms with Gasteiger partial charge in [0.25, 0.3) is 0 Å². The number of hydrogen-bond donors (Lipinski definition) is 2. The average Bonchev–Trinajstić information content (AvgIpc) is 2.38. The topological polar surface area (TPSA) is 44.4 Å². The van der Waals surface area contributed by atoms with E-state index in [2.05, 4.69) is 10.6 Å². The van der Waals surface area contributed by atoms with Crippen LogP contribution in [0, 0.1) is 0 Å². The summed E-state index contributed by atoms with van der Waals surface area (Å²) in [6.07, 6.45) is -4.37. The van der Waals surface area contributed by atoms with E-state index in [1.807, 2.05) is 6.92 Å². The van der Waals surface area contributed by atoms with Gasteiger partial charge in [-0.1, -0.05) is 0 Å². The van der Waals surface area contributed by atoms with Crippen LogP contribution in [0.2, 0.25) is 0 Å². The second-order valence-electron chi connectivity index (χ2n) is 4.75. The maximum absolute atomic E-state index is 12.4. The minimum atomic E-state index is -4.37. The molecule has 2 rings (SSSR count). The predicted molar refractivity (Wildman–Crippen MR) is 69.5 cm³/mol. The third-order valence-corrected chi connectivity index (χ3v) is 3.23. The van der Waals surface area contributed by atoms with Crippen molar-refractivity contribution in [1.82, 2.24) is 10.2 Å². The number of carbonyl (C=O) groups excluding carboxylic acids is 1. The summed E-state index contributed by atoms with van der Waals surface area (Å²) in [5.74, 6) is 0. The number of carbonyl (C=O) groups is 1. The number of urea groups is 1. The monoisotopic (exact) mass is 287 g/mol. The summed E-state index contributed by atoms with van der Waals surface area (Å²) in [5, 5.41) is 5.77. The van der Waals surface area contributed by atoms with E-state index in [4.69, 9.17) is 0 Å². The fraction of sp³-hybridized carbons (Fsp3) is 0.462. The van der Waals surface area contributed by atoms with E-state index in [1.165, 1.54) is 12.1 Å². The Labute approximate surface area is 114 Å². The highest BCUT2D eigenvalue weighted by Gasteiger charge is 2.30. The first kappa shape index (κ1) is 14.6. The standard InChI is InChI=1S/C13H16F3N3O/c1-9-8-17-6-7-19(9)12(20)18-11-4-2-10(3-5-11)13(14,15)16/h2-5,9,17H,6-8H2,1H3,(H,18,20). The minimum Gasteiger partial charge on any atom is -0.319 e. The number of amides is 2. The first-order valence-electron chi connectivity index (χ1n) is 6.33. The molecule has 2 amide bonds. The number of benzene rings is 1. The highest BCUT2D eigenvalue weighted by atomic mass is 19.4. The third-order valence-electron chi connectivity index (χ3n) is 3.23. The number of nitrogens with zero attached hydrogens (tertiary/aromatic N) is 1. The van der Waals surface area contributed by atoms with Gasteiger partial charge in [0, 0.05) is 31.4 Å². The number of nitrogens with one attached hydrogen (secondary N) is 2. The highest BCUT2D eigenvalue weighted by molar-refractivity contribution is 5.89. The lowest BCUT2D eigenvalue weighted by Gasteiger charge is -2.33. The highest BCUT2D eigenvalue weighted by Crippen LogP contribution is 2.29. The summed E-state index contributed by atoms with van der Waals surface area (Å²) in [4.78, 5) is 13.7. The molecule has 1 fully saturated rings. The van der Waals surface area contributed by atoms with Gasteiger partial charge in [0.05, 0.1) is 5.56 Å². The Morgan fingerprint density at radius 2 is 2.00 bits per heavy atom. The summed E-state index contributed by atoms with van der Waals surface area (Å²) in [6, 6.07) is 4.19. The van der Waals surface area contributed by atoms with Crippen LogP contribution in [0.4, 0.5) is 23.7 Å². The molecule has 2 N–H and O–H groups in total. The lowest BCUT2D eigenvalue weighted by atomic mass is 10.2. The molecule has 0 saturated carbocycles. The van der Waals surface area contributed by atoms with Crippen LogP contribution < -0.4 is 10.6 Å². The van der Waals surface area contributed by atoms with Crippen LogP contribution in [0.25, 0.3) is 0 Å². The molecule has 1 aromatic rings. The van der Waals surface area contributed by atoms with Crippen molar-refractivity contribution in [3.8, 4) is 0 Å². The van der Waals surface area contributed by atoms with E-state index in [0.29, 0.717) is 25.3 Å². The van der Waals surface area contributed by atoms with Crippen molar-refractivity contribution >= 4 is 11.7 Å². The molecule has 0 spiro atoms. The summed E-state index contributed by atoms with van der Waals surface area (Å²) in [5.41, 5.74) is -0.375. The Morgan fingerprint density at radius 3 is 2.55 bits per heavy atom. The molecule has 20 heavy (non-hydrogen) atoms. The number of anilines is 1. The lowest BCUT2D eigenvalue weighted by molar-refractivity contribution is -0.137. The number of hydrogen-bond acceptors (Lipinski definition) is 2. The third kappa shape index (κ3) is 3.41. The van der Waals surface area contributed by atoms with Gasteiger partial charge in [0.1, 0.15) is 0 Å². The smallest absolute Gasteiger partial charge is 0.319 e. The Hall–Kier alpha value is -1.76. The van der Waals surface area contributed by atoms with Crippen LogP contribution in [0.3, 0.4) is 0 Å². The molecular formula is C13H16F3N3O. The fourth-order valence-corrected chi connectivity index (χ4v) is 2.08. The Bertz CT molecular complexity index is 473. The zero-order chi connectivity index (χ0) is 14.8. The zero-order valence-electron chi connectivity index (χ0n) is 11.0. The van der Waals surface area contributed by atoms with Gasteiger partial charge in [0.2, 0.25) is 0 Å². The van der Waals surface area contributed by atoms with Crippen molar-refractivity contribution in [2.75, 3.05) is 25.0 Å². The molecule has 1 atom stereocenters. The molecule has 1 aliphatic rings. The molecule has 1 unspecified atom stereocenters. The maximum Gasteiger partial charge on any atom is 0.416 e. The SMILES string of the molecule is CC1CNCCN1C(=O)Nc1ccc(C(F)(F)F)cc1. The van der Waals surface area contributed by atoms with E-state index in [-0.39, 0.29) is 12.1 Å². The van der Waals surface area contributed by atoms with Crippen LogP contribution in [0.5, 0.6) is 0 Å². The first-order chi connectivity index (χ1) is 9.38. The quantitative estimate of drug-likeness (QED) is 0.833. The van der Waals surface area contributed by atoms with Crippen molar-refractivity contribution < 1.29 is 18.0 Å². The van der Waals surface area contributed by atoms with Crippen LogP contribution in [-0.2, 0) is 6.18 Å². The Morgan fingerprint density at radius 1 is 1.35 bits per heavy atom. The molecule has 1 aromatic carbocycles. The van der Waals surface area contributed by atoms with E-state index in [9.17, 15) is 18.0 Å². The molecule has 0 bridgehead atoms. The number of piperazine rings is 1. The van der Waals surface area contributed by atoms with Crippen LogP contribution in [0.1, 0.15) is 12.5 Å². The molecule has 1 aliphatic heterocycles. The maximum atomic E-state index is 12.4. The van der Waals surface area contributed by atoms with Gasteiger partial charge in [-0.15, -0.1) is 0 Å². The average molecular weight is 287 g/mol. The normalized spacial score (nSPS) is 19.8. The molecular weight excluding hydrogens is 271 g/mol. The number of rotatable bonds is 1. The molecule has 0 aliphatic carbocycles. The molecule has 0 radical (unpaired) electrons. The summed E-state index contributed by atoms with van der Waals surface area (Å²) in [7, 11) is 0. The number of alkyl halides is 3. The molecule has 4 nitrogen and oxygen atoms in total. The van der Waals surface area contributed by atoms with E-state index in [1.54, 1.807) is 4.90 Å². The summed E-state index contributed by atoms with van der Waals surface area (Å²) in [6.45, 7) is 3.91. The molecule has 0 aromatic heterocycles. The van der Waals surface area contributed by atoms with Crippen molar-refractivity contribution in [2.24, 2.45) is 0 Å². The van der Waals surface area contributed by atoms with E-state index >= 15 is 0 Å². The summed E-state index contributed by atoms with van der Waals surface area (Å²) < 4.78 is 37.3.